The summed E-state index contributed by atoms with van der Waals surface area (Å²) in [5.74, 6) is -0.322. The fourth-order valence-electron chi connectivity index (χ4n) is 2.61. The Bertz CT molecular complexity index is 651. The van der Waals surface area contributed by atoms with Gasteiger partial charge < -0.3 is 14.4 Å². The van der Waals surface area contributed by atoms with Crippen LogP contribution in [0.5, 0.6) is 0 Å². The summed E-state index contributed by atoms with van der Waals surface area (Å²) in [6.45, 7) is 5.02. The number of rotatable bonds is 3. The number of fused-ring (bicyclic) bond motifs is 1. The number of ether oxygens (including phenoxy) is 2. The number of hydrogen-bond acceptors (Lipinski definition) is 5. The van der Waals surface area contributed by atoms with Crippen molar-refractivity contribution in [2.24, 2.45) is 0 Å². The molecule has 5 heteroatoms. The van der Waals surface area contributed by atoms with Crippen LogP contribution in [0.1, 0.15) is 17.3 Å². The Morgan fingerprint density at radius 2 is 2.10 bits per heavy atom. The average Bonchev–Trinajstić information content (AvgIpc) is 2.55. The van der Waals surface area contributed by atoms with E-state index in [2.05, 4.69) is 9.88 Å². The molecule has 0 amide bonds. The Labute approximate surface area is 123 Å². The Morgan fingerprint density at radius 1 is 1.33 bits per heavy atom. The minimum absolute atomic E-state index is 0.322. The highest BCUT2D eigenvalue weighted by atomic mass is 16.5. The third-order valence-electron chi connectivity index (χ3n) is 3.57. The number of pyridine rings is 1. The molecule has 1 aliphatic rings. The SMILES string of the molecule is CCOC(=O)c1cnc2ccccc2c1N1CCOCC1. The smallest absolute Gasteiger partial charge is 0.341 e. The molecule has 0 spiro atoms. The van der Waals surface area contributed by atoms with E-state index in [1.54, 1.807) is 13.1 Å². The van der Waals surface area contributed by atoms with Crippen molar-refractivity contribution in [2.75, 3.05) is 37.8 Å². The maximum atomic E-state index is 12.2. The topological polar surface area (TPSA) is 51.7 Å². The van der Waals surface area contributed by atoms with E-state index in [-0.39, 0.29) is 5.97 Å². The molecule has 3 rings (SSSR count). The molecule has 1 fully saturated rings. The van der Waals surface area contributed by atoms with E-state index in [4.69, 9.17) is 9.47 Å². The number of morpholine rings is 1. The van der Waals surface area contributed by atoms with E-state index >= 15 is 0 Å². The zero-order chi connectivity index (χ0) is 14.7. The number of esters is 1. The molecule has 1 aromatic heterocycles. The minimum Gasteiger partial charge on any atom is -0.462 e. The zero-order valence-corrected chi connectivity index (χ0v) is 12.0. The molecule has 21 heavy (non-hydrogen) atoms. The molecule has 0 radical (unpaired) electrons. The van der Waals surface area contributed by atoms with Crippen LogP contribution in [0.15, 0.2) is 30.5 Å². The van der Waals surface area contributed by atoms with Crippen molar-refractivity contribution in [1.29, 1.82) is 0 Å². The molecule has 0 aliphatic carbocycles. The summed E-state index contributed by atoms with van der Waals surface area (Å²) in [6, 6.07) is 7.86. The number of carbonyl (C=O) groups is 1. The third-order valence-corrected chi connectivity index (χ3v) is 3.57. The number of nitrogens with zero attached hydrogens (tertiary/aromatic N) is 2. The van der Waals surface area contributed by atoms with Crippen molar-refractivity contribution in [2.45, 2.75) is 6.92 Å². The lowest BCUT2D eigenvalue weighted by Gasteiger charge is -2.31. The van der Waals surface area contributed by atoms with Crippen LogP contribution in [0.2, 0.25) is 0 Å². The highest BCUT2D eigenvalue weighted by molar-refractivity contribution is 6.05. The highest BCUT2D eigenvalue weighted by Gasteiger charge is 2.22. The molecule has 110 valence electrons. The molecular formula is C16H18N2O3. The number of para-hydroxylation sites is 1. The molecule has 5 nitrogen and oxygen atoms in total. The molecule has 1 saturated heterocycles. The molecule has 1 aliphatic heterocycles. The first-order chi connectivity index (χ1) is 10.3. The summed E-state index contributed by atoms with van der Waals surface area (Å²) >= 11 is 0. The summed E-state index contributed by atoms with van der Waals surface area (Å²) in [6.07, 6.45) is 1.62. The van der Waals surface area contributed by atoms with Gasteiger partial charge in [0.2, 0.25) is 0 Å². The maximum absolute atomic E-state index is 12.2. The van der Waals surface area contributed by atoms with Gasteiger partial charge >= 0.3 is 5.97 Å². The van der Waals surface area contributed by atoms with Crippen LogP contribution in [-0.2, 0) is 9.47 Å². The second-order valence-electron chi connectivity index (χ2n) is 4.86. The first kappa shape index (κ1) is 13.8. The Hall–Kier alpha value is -2.14. The average molecular weight is 286 g/mol. The maximum Gasteiger partial charge on any atom is 0.341 e. The summed E-state index contributed by atoms with van der Waals surface area (Å²) < 4.78 is 10.6. The van der Waals surface area contributed by atoms with Crippen molar-refractivity contribution in [1.82, 2.24) is 4.98 Å². The first-order valence-electron chi connectivity index (χ1n) is 7.19. The van der Waals surface area contributed by atoms with Gasteiger partial charge in [-0.1, -0.05) is 18.2 Å². The number of hydrogen-bond donors (Lipinski definition) is 0. The number of benzene rings is 1. The third kappa shape index (κ3) is 2.69. The van der Waals surface area contributed by atoms with E-state index in [1.165, 1.54) is 0 Å². The fourth-order valence-corrected chi connectivity index (χ4v) is 2.61. The lowest BCUT2D eigenvalue weighted by atomic mass is 10.1. The molecule has 0 bridgehead atoms. The highest BCUT2D eigenvalue weighted by Crippen LogP contribution is 2.30. The number of anilines is 1. The van der Waals surface area contributed by atoms with E-state index in [1.807, 2.05) is 24.3 Å². The standard InChI is InChI=1S/C16H18N2O3/c1-2-21-16(19)13-11-17-14-6-4-3-5-12(14)15(13)18-7-9-20-10-8-18/h3-6,11H,2,7-10H2,1H3. The van der Waals surface area contributed by atoms with Crippen molar-refractivity contribution in [3.8, 4) is 0 Å². The lowest BCUT2D eigenvalue weighted by molar-refractivity contribution is 0.0526. The van der Waals surface area contributed by atoms with Gasteiger partial charge in [-0.2, -0.15) is 0 Å². The van der Waals surface area contributed by atoms with E-state index in [0.29, 0.717) is 25.4 Å². The van der Waals surface area contributed by atoms with Crippen molar-refractivity contribution >= 4 is 22.6 Å². The van der Waals surface area contributed by atoms with Gasteiger partial charge in [-0.05, 0) is 13.0 Å². The summed E-state index contributed by atoms with van der Waals surface area (Å²) in [5, 5.41) is 0.977. The molecule has 0 N–H and O–H groups in total. The first-order valence-corrected chi connectivity index (χ1v) is 7.19. The molecule has 0 atom stereocenters. The Kier molecular flexibility index (Phi) is 4.01. The molecule has 2 aromatic rings. The summed E-state index contributed by atoms with van der Waals surface area (Å²) in [7, 11) is 0. The van der Waals surface area contributed by atoms with Crippen molar-refractivity contribution < 1.29 is 14.3 Å². The number of carbonyl (C=O) groups excluding carboxylic acids is 1. The van der Waals surface area contributed by atoms with E-state index in [9.17, 15) is 4.79 Å². The monoisotopic (exact) mass is 286 g/mol. The molecule has 0 saturated carbocycles. The van der Waals surface area contributed by atoms with Crippen LogP contribution in [0.3, 0.4) is 0 Å². The zero-order valence-electron chi connectivity index (χ0n) is 12.0. The van der Waals surface area contributed by atoms with Gasteiger partial charge in [0.1, 0.15) is 5.56 Å². The minimum atomic E-state index is -0.322. The quantitative estimate of drug-likeness (QED) is 0.810. The van der Waals surface area contributed by atoms with Gasteiger partial charge in [0.25, 0.3) is 0 Å². The van der Waals surface area contributed by atoms with E-state index in [0.717, 1.165) is 29.7 Å². The van der Waals surface area contributed by atoms with Crippen molar-refractivity contribution in [3.05, 3.63) is 36.0 Å². The molecule has 1 aromatic carbocycles. The van der Waals surface area contributed by atoms with Crippen LogP contribution < -0.4 is 4.90 Å². The molecule has 0 unspecified atom stereocenters. The largest absolute Gasteiger partial charge is 0.462 e. The summed E-state index contributed by atoms with van der Waals surface area (Å²) in [5.41, 5.74) is 2.31. The molecular weight excluding hydrogens is 268 g/mol. The normalized spacial score (nSPS) is 15.2. The summed E-state index contributed by atoms with van der Waals surface area (Å²) in [4.78, 5) is 18.8. The Balaban J connectivity index is 2.14. The predicted octanol–water partition coefficient (Wildman–Crippen LogP) is 2.25. The van der Waals surface area contributed by atoms with Gasteiger partial charge in [0.05, 0.1) is 31.0 Å². The molecule has 2 heterocycles. The number of aromatic nitrogens is 1. The van der Waals surface area contributed by atoms with Gasteiger partial charge in [0.15, 0.2) is 0 Å². The lowest BCUT2D eigenvalue weighted by Crippen LogP contribution is -2.37. The van der Waals surface area contributed by atoms with Crippen LogP contribution in [0.4, 0.5) is 5.69 Å². The van der Waals surface area contributed by atoms with Crippen LogP contribution in [-0.4, -0.2) is 43.9 Å². The van der Waals surface area contributed by atoms with Crippen LogP contribution in [0, 0.1) is 0 Å². The second kappa shape index (κ2) is 6.10. The van der Waals surface area contributed by atoms with Gasteiger partial charge in [-0.3, -0.25) is 4.98 Å². The predicted molar refractivity (Wildman–Crippen MR) is 80.7 cm³/mol. The van der Waals surface area contributed by atoms with Crippen LogP contribution in [0.25, 0.3) is 10.9 Å². The second-order valence-corrected chi connectivity index (χ2v) is 4.86. The van der Waals surface area contributed by atoms with Gasteiger partial charge in [-0.25, -0.2) is 4.79 Å². The van der Waals surface area contributed by atoms with Gasteiger partial charge in [-0.15, -0.1) is 0 Å². The fraction of sp³-hybridized carbons (Fsp3) is 0.375. The Morgan fingerprint density at radius 3 is 2.86 bits per heavy atom. The van der Waals surface area contributed by atoms with Crippen LogP contribution >= 0.6 is 0 Å². The van der Waals surface area contributed by atoms with Gasteiger partial charge in [0, 0.05) is 24.7 Å². The van der Waals surface area contributed by atoms with Crippen molar-refractivity contribution in [3.63, 3.8) is 0 Å². The van der Waals surface area contributed by atoms with E-state index < -0.39 is 0 Å².